The van der Waals surface area contributed by atoms with Crippen molar-refractivity contribution in [2.24, 2.45) is 0 Å². The van der Waals surface area contributed by atoms with Crippen LogP contribution in [0.15, 0.2) is 30.3 Å². The van der Waals surface area contributed by atoms with Crippen LogP contribution in [0.4, 0.5) is 0 Å². The molecule has 0 aliphatic rings. The van der Waals surface area contributed by atoms with E-state index in [1.807, 2.05) is 39.0 Å². The quantitative estimate of drug-likeness (QED) is 0.781. The number of hydrogen-bond donors (Lipinski definition) is 2. The van der Waals surface area contributed by atoms with Gasteiger partial charge in [0, 0.05) is 5.56 Å². The van der Waals surface area contributed by atoms with Crippen LogP contribution in [0, 0.1) is 20.8 Å². The summed E-state index contributed by atoms with van der Waals surface area (Å²) in [5.74, 6) is 0.563. The first-order valence-corrected chi connectivity index (χ1v) is 5.60. The predicted molar refractivity (Wildman–Crippen MR) is 69.4 cm³/mol. The van der Waals surface area contributed by atoms with Crippen molar-refractivity contribution in [3.8, 4) is 22.6 Å². The van der Waals surface area contributed by atoms with Crippen molar-refractivity contribution >= 4 is 0 Å². The third kappa shape index (κ3) is 1.98. The van der Waals surface area contributed by atoms with Gasteiger partial charge in [0.1, 0.15) is 11.5 Å². The summed E-state index contributed by atoms with van der Waals surface area (Å²) in [6.07, 6.45) is 0. The summed E-state index contributed by atoms with van der Waals surface area (Å²) in [6.45, 7) is 5.80. The lowest BCUT2D eigenvalue weighted by Crippen LogP contribution is -1.88. The molecule has 0 unspecified atom stereocenters. The average molecular weight is 228 g/mol. The van der Waals surface area contributed by atoms with E-state index < -0.39 is 0 Å². The highest BCUT2D eigenvalue weighted by Crippen LogP contribution is 2.36. The van der Waals surface area contributed by atoms with E-state index >= 15 is 0 Å². The summed E-state index contributed by atoms with van der Waals surface area (Å²) in [7, 11) is 0. The lowest BCUT2D eigenvalue weighted by Gasteiger charge is -2.12. The molecule has 0 saturated heterocycles. The first-order valence-electron chi connectivity index (χ1n) is 5.60. The van der Waals surface area contributed by atoms with Gasteiger partial charge < -0.3 is 10.2 Å². The van der Waals surface area contributed by atoms with Gasteiger partial charge in [0.15, 0.2) is 0 Å². The van der Waals surface area contributed by atoms with E-state index in [9.17, 15) is 10.2 Å². The number of aromatic hydroxyl groups is 2. The number of phenols is 2. The topological polar surface area (TPSA) is 40.5 Å². The maximum Gasteiger partial charge on any atom is 0.126 e. The predicted octanol–water partition coefficient (Wildman–Crippen LogP) is 3.69. The molecule has 0 aliphatic carbocycles. The Morgan fingerprint density at radius 1 is 0.765 bits per heavy atom. The molecule has 0 amide bonds. The highest BCUT2D eigenvalue weighted by Gasteiger charge is 2.10. The van der Waals surface area contributed by atoms with E-state index in [1.165, 1.54) is 0 Å². The Bertz CT molecular complexity index is 571. The second kappa shape index (κ2) is 4.13. The number of phenolic OH excluding ortho intramolecular Hbond substituents is 2. The SMILES string of the molecule is Cc1cc(O)ccc1-c1ccc(C)c(C)c1O. The van der Waals surface area contributed by atoms with Crippen molar-refractivity contribution in [2.75, 3.05) is 0 Å². The van der Waals surface area contributed by atoms with Crippen LogP contribution in [-0.4, -0.2) is 10.2 Å². The van der Waals surface area contributed by atoms with E-state index in [1.54, 1.807) is 12.1 Å². The Morgan fingerprint density at radius 3 is 2.06 bits per heavy atom. The van der Waals surface area contributed by atoms with Crippen LogP contribution < -0.4 is 0 Å². The van der Waals surface area contributed by atoms with E-state index in [4.69, 9.17) is 0 Å². The minimum Gasteiger partial charge on any atom is -0.508 e. The molecule has 0 bridgehead atoms. The minimum absolute atomic E-state index is 0.245. The Morgan fingerprint density at radius 2 is 1.41 bits per heavy atom. The zero-order valence-corrected chi connectivity index (χ0v) is 10.3. The average Bonchev–Trinajstić information content (AvgIpc) is 2.28. The van der Waals surface area contributed by atoms with Gasteiger partial charge >= 0.3 is 0 Å². The molecule has 17 heavy (non-hydrogen) atoms. The lowest BCUT2D eigenvalue weighted by atomic mass is 9.95. The standard InChI is InChI=1S/C15H16O2/c1-9-4-6-14(15(17)11(9)3)13-7-5-12(16)8-10(13)2/h4-8,16-17H,1-3H3. The Kier molecular flexibility index (Phi) is 2.80. The van der Waals surface area contributed by atoms with Gasteiger partial charge in [0.2, 0.25) is 0 Å². The smallest absolute Gasteiger partial charge is 0.126 e. The van der Waals surface area contributed by atoms with Gasteiger partial charge in [-0.05, 0) is 55.2 Å². The van der Waals surface area contributed by atoms with Crippen LogP contribution in [0.5, 0.6) is 11.5 Å². The summed E-state index contributed by atoms with van der Waals surface area (Å²) in [5, 5.41) is 19.6. The molecular weight excluding hydrogens is 212 g/mol. The van der Waals surface area contributed by atoms with E-state index in [0.717, 1.165) is 27.8 Å². The van der Waals surface area contributed by atoms with Crippen LogP contribution in [-0.2, 0) is 0 Å². The Balaban J connectivity index is 2.65. The number of hydrogen-bond acceptors (Lipinski definition) is 2. The molecular formula is C15H16O2. The van der Waals surface area contributed by atoms with Crippen molar-refractivity contribution < 1.29 is 10.2 Å². The lowest BCUT2D eigenvalue weighted by molar-refractivity contribution is 0.471. The molecule has 0 fully saturated rings. The van der Waals surface area contributed by atoms with E-state index in [-0.39, 0.29) is 5.75 Å². The van der Waals surface area contributed by atoms with Crippen LogP contribution >= 0.6 is 0 Å². The Labute approximate surface area is 101 Å². The molecule has 0 atom stereocenters. The van der Waals surface area contributed by atoms with Gasteiger partial charge in [-0.25, -0.2) is 0 Å². The van der Waals surface area contributed by atoms with Crippen molar-refractivity contribution in [1.82, 2.24) is 0 Å². The van der Waals surface area contributed by atoms with Gasteiger partial charge in [-0.2, -0.15) is 0 Å². The molecule has 2 rings (SSSR count). The molecule has 2 heteroatoms. The zero-order valence-electron chi connectivity index (χ0n) is 10.3. The highest BCUT2D eigenvalue weighted by atomic mass is 16.3. The monoisotopic (exact) mass is 228 g/mol. The maximum absolute atomic E-state index is 10.2. The van der Waals surface area contributed by atoms with Gasteiger partial charge in [0.05, 0.1) is 0 Å². The van der Waals surface area contributed by atoms with Gasteiger partial charge in [-0.15, -0.1) is 0 Å². The first-order chi connectivity index (χ1) is 8.00. The molecule has 2 aromatic rings. The van der Waals surface area contributed by atoms with Gasteiger partial charge in [-0.1, -0.05) is 18.2 Å². The fourth-order valence-electron chi connectivity index (χ4n) is 1.97. The van der Waals surface area contributed by atoms with Crippen molar-refractivity contribution in [3.05, 3.63) is 47.0 Å². The van der Waals surface area contributed by atoms with Crippen LogP contribution in [0.2, 0.25) is 0 Å². The van der Waals surface area contributed by atoms with Crippen molar-refractivity contribution in [1.29, 1.82) is 0 Å². The third-order valence-corrected chi connectivity index (χ3v) is 3.20. The first kappa shape index (κ1) is 11.5. The third-order valence-electron chi connectivity index (χ3n) is 3.20. The van der Waals surface area contributed by atoms with Gasteiger partial charge in [-0.3, -0.25) is 0 Å². The Hall–Kier alpha value is -1.96. The minimum atomic E-state index is 0.245. The molecule has 0 saturated carbocycles. The van der Waals surface area contributed by atoms with Crippen molar-refractivity contribution in [2.45, 2.75) is 20.8 Å². The summed E-state index contributed by atoms with van der Waals surface area (Å²) in [6, 6.07) is 9.07. The fourth-order valence-corrected chi connectivity index (χ4v) is 1.97. The fraction of sp³-hybridized carbons (Fsp3) is 0.200. The summed E-state index contributed by atoms with van der Waals surface area (Å²) >= 11 is 0. The maximum atomic E-state index is 10.2. The second-order valence-electron chi connectivity index (χ2n) is 4.40. The molecule has 0 radical (unpaired) electrons. The normalized spacial score (nSPS) is 10.5. The van der Waals surface area contributed by atoms with E-state index in [0.29, 0.717) is 5.75 Å². The van der Waals surface area contributed by atoms with Crippen LogP contribution in [0.25, 0.3) is 11.1 Å². The number of rotatable bonds is 1. The molecule has 0 heterocycles. The molecule has 2 aromatic carbocycles. The summed E-state index contributed by atoms with van der Waals surface area (Å²) in [5.41, 5.74) is 4.68. The highest BCUT2D eigenvalue weighted by molar-refractivity contribution is 5.75. The summed E-state index contributed by atoms with van der Waals surface area (Å²) in [4.78, 5) is 0. The summed E-state index contributed by atoms with van der Waals surface area (Å²) < 4.78 is 0. The van der Waals surface area contributed by atoms with Crippen molar-refractivity contribution in [3.63, 3.8) is 0 Å². The van der Waals surface area contributed by atoms with Gasteiger partial charge in [0.25, 0.3) is 0 Å². The molecule has 0 spiro atoms. The largest absolute Gasteiger partial charge is 0.508 e. The van der Waals surface area contributed by atoms with Crippen LogP contribution in [0.1, 0.15) is 16.7 Å². The van der Waals surface area contributed by atoms with Crippen LogP contribution in [0.3, 0.4) is 0 Å². The zero-order chi connectivity index (χ0) is 12.6. The number of benzene rings is 2. The number of aryl methyl sites for hydroxylation is 2. The second-order valence-corrected chi connectivity index (χ2v) is 4.40. The molecule has 88 valence electrons. The van der Waals surface area contributed by atoms with E-state index in [2.05, 4.69) is 0 Å². The molecule has 2 nitrogen and oxygen atoms in total. The molecule has 2 N–H and O–H groups in total. The molecule has 0 aromatic heterocycles. The molecule has 0 aliphatic heterocycles.